The van der Waals surface area contributed by atoms with Crippen molar-refractivity contribution in [2.75, 3.05) is 26.2 Å². The Labute approximate surface area is 66.2 Å². The highest BCUT2D eigenvalue weighted by molar-refractivity contribution is 5.79. The summed E-state index contributed by atoms with van der Waals surface area (Å²) >= 11 is 0. The summed E-state index contributed by atoms with van der Waals surface area (Å²) in [5.41, 5.74) is 0. The van der Waals surface area contributed by atoms with Gasteiger partial charge in [0, 0.05) is 13.1 Å². The normalized spacial score (nSPS) is 18.2. The third-order valence-corrected chi connectivity index (χ3v) is 1.74. The number of carbonyl (C=O) groups is 1. The van der Waals surface area contributed by atoms with Crippen LogP contribution in [0.2, 0.25) is 0 Å². The average molecular weight is 158 g/mol. The van der Waals surface area contributed by atoms with E-state index in [4.69, 9.17) is 5.11 Å². The molecule has 0 aliphatic carbocycles. The molecule has 0 bridgehead atoms. The molecule has 1 saturated heterocycles. The van der Waals surface area contributed by atoms with Gasteiger partial charge < -0.3 is 15.3 Å². The van der Waals surface area contributed by atoms with Gasteiger partial charge in [-0.15, -0.1) is 0 Å². The summed E-state index contributed by atoms with van der Waals surface area (Å²) in [6.07, 6.45) is -0.291. The Kier molecular flexibility index (Phi) is 2.84. The molecule has 1 heterocycles. The molecule has 4 nitrogen and oxygen atoms in total. The van der Waals surface area contributed by atoms with Crippen LogP contribution in [-0.2, 0) is 4.79 Å². The molecule has 1 amide bonds. The first-order valence-electron chi connectivity index (χ1n) is 3.90. The van der Waals surface area contributed by atoms with Gasteiger partial charge in [0.1, 0.15) is 0 Å². The van der Waals surface area contributed by atoms with Gasteiger partial charge in [-0.2, -0.15) is 0 Å². The smallest absolute Gasteiger partial charge is 0.236 e. The SMILES string of the molecule is CCNCC(=O)N1CC(O)C1. The topological polar surface area (TPSA) is 52.6 Å². The van der Waals surface area contributed by atoms with Gasteiger partial charge in [0.15, 0.2) is 0 Å². The molecule has 0 spiro atoms. The number of nitrogens with zero attached hydrogens (tertiary/aromatic N) is 1. The molecule has 0 atom stereocenters. The van der Waals surface area contributed by atoms with Gasteiger partial charge >= 0.3 is 0 Å². The van der Waals surface area contributed by atoms with Crippen molar-refractivity contribution in [2.45, 2.75) is 13.0 Å². The molecule has 0 radical (unpaired) electrons. The summed E-state index contributed by atoms with van der Waals surface area (Å²) < 4.78 is 0. The molecule has 1 fully saturated rings. The highest BCUT2D eigenvalue weighted by atomic mass is 16.3. The van der Waals surface area contributed by atoms with Crippen molar-refractivity contribution < 1.29 is 9.90 Å². The fraction of sp³-hybridized carbons (Fsp3) is 0.857. The minimum Gasteiger partial charge on any atom is -0.389 e. The van der Waals surface area contributed by atoms with Crippen molar-refractivity contribution in [3.63, 3.8) is 0 Å². The maximum Gasteiger partial charge on any atom is 0.236 e. The number of aliphatic hydroxyl groups is 1. The lowest BCUT2D eigenvalue weighted by molar-refractivity contribution is -0.140. The number of amides is 1. The van der Waals surface area contributed by atoms with Gasteiger partial charge in [0.25, 0.3) is 0 Å². The van der Waals surface area contributed by atoms with Crippen LogP contribution in [-0.4, -0.2) is 48.2 Å². The fourth-order valence-corrected chi connectivity index (χ4v) is 1.00. The molecule has 2 N–H and O–H groups in total. The van der Waals surface area contributed by atoms with Crippen LogP contribution in [0.3, 0.4) is 0 Å². The second kappa shape index (κ2) is 3.69. The van der Waals surface area contributed by atoms with Crippen molar-refractivity contribution in [1.82, 2.24) is 10.2 Å². The summed E-state index contributed by atoms with van der Waals surface area (Å²) in [6, 6.07) is 0. The first kappa shape index (κ1) is 8.49. The van der Waals surface area contributed by atoms with Gasteiger partial charge in [-0.25, -0.2) is 0 Å². The summed E-state index contributed by atoms with van der Waals surface area (Å²) in [7, 11) is 0. The summed E-state index contributed by atoms with van der Waals surface area (Å²) in [6.45, 7) is 4.16. The second-order valence-electron chi connectivity index (χ2n) is 2.73. The van der Waals surface area contributed by atoms with Gasteiger partial charge in [0.05, 0.1) is 12.6 Å². The zero-order valence-electron chi connectivity index (χ0n) is 6.71. The van der Waals surface area contributed by atoms with E-state index in [2.05, 4.69) is 5.32 Å². The van der Waals surface area contributed by atoms with E-state index < -0.39 is 0 Å². The highest BCUT2D eigenvalue weighted by Crippen LogP contribution is 2.06. The first-order chi connectivity index (χ1) is 5.24. The number of β-amino-alcohol motifs (C(OH)–C–C–N with tert-alkyl or cyclic N) is 1. The first-order valence-corrected chi connectivity index (χ1v) is 3.90. The van der Waals surface area contributed by atoms with E-state index in [0.29, 0.717) is 19.6 Å². The van der Waals surface area contributed by atoms with Gasteiger partial charge in [0.2, 0.25) is 5.91 Å². The summed E-state index contributed by atoms with van der Waals surface area (Å²) in [4.78, 5) is 12.7. The third kappa shape index (κ3) is 2.17. The Balaban J connectivity index is 2.11. The lowest BCUT2D eigenvalue weighted by Crippen LogP contribution is -2.55. The minimum absolute atomic E-state index is 0.0807. The van der Waals surface area contributed by atoms with E-state index in [1.807, 2.05) is 6.92 Å². The van der Waals surface area contributed by atoms with E-state index in [1.165, 1.54) is 0 Å². The molecule has 1 aliphatic heterocycles. The molecule has 4 heteroatoms. The van der Waals surface area contributed by atoms with Crippen molar-refractivity contribution >= 4 is 5.91 Å². The molecule has 64 valence electrons. The Morgan fingerprint density at radius 2 is 2.36 bits per heavy atom. The second-order valence-corrected chi connectivity index (χ2v) is 2.73. The molecule has 1 rings (SSSR count). The Hall–Kier alpha value is -0.610. The number of nitrogens with one attached hydrogen (secondary N) is 1. The van der Waals surface area contributed by atoms with Crippen LogP contribution in [0.15, 0.2) is 0 Å². The number of aliphatic hydroxyl groups excluding tert-OH is 1. The third-order valence-electron chi connectivity index (χ3n) is 1.74. The van der Waals surface area contributed by atoms with Crippen molar-refractivity contribution in [2.24, 2.45) is 0 Å². The zero-order valence-corrected chi connectivity index (χ0v) is 6.71. The monoisotopic (exact) mass is 158 g/mol. The predicted molar refractivity (Wildman–Crippen MR) is 41.1 cm³/mol. The molecule has 0 saturated carbocycles. The van der Waals surface area contributed by atoms with Crippen LogP contribution in [0.1, 0.15) is 6.92 Å². The predicted octanol–water partition coefficient (Wildman–Crippen LogP) is -1.20. The number of hydrogen-bond acceptors (Lipinski definition) is 3. The van der Waals surface area contributed by atoms with E-state index in [-0.39, 0.29) is 12.0 Å². The van der Waals surface area contributed by atoms with E-state index in [0.717, 1.165) is 6.54 Å². The molecule has 0 aromatic heterocycles. The highest BCUT2D eigenvalue weighted by Gasteiger charge is 2.27. The maximum absolute atomic E-state index is 11.1. The summed E-state index contributed by atoms with van der Waals surface area (Å²) in [5, 5.41) is 11.8. The van der Waals surface area contributed by atoms with Crippen molar-refractivity contribution in [1.29, 1.82) is 0 Å². The van der Waals surface area contributed by atoms with Crippen LogP contribution < -0.4 is 5.32 Å². The van der Waals surface area contributed by atoms with E-state index in [9.17, 15) is 4.79 Å². The Morgan fingerprint density at radius 3 is 2.82 bits per heavy atom. The molecule has 0 aromatic rings. The van der Waals surface area contributed by atoms with Crippen molar-refractivity contribution in [3.8, 4) is 0 Å². The number of hydrogen-bond donors (Lipinski definition) is 2. The summed E-state index contributed by atoms with van der Waals surface area (Å²) in [5.74, 6) is 0.0807. The molecular weight excluding hydrogens is 144 g/mol. The van der Waals surface area contributed by atoms with Crippen molar-refractivity contribution in [3.05, 3.63) is 0 Å². The standard InChI is InChI=1S/C7H14N2O2/c1-2-8-3-7(11)9-4-6(10)5-9/h6,8,10H,2-5H2,1H3. The zero-order chi connectivity index (χ0) is 8.27. The molecule has 0 aromatic carbocycles. The van der Waals surface area contributed by atoms with E-state index >= 15 is 0 Å². The molecule has 0 unspecified atom stereocenters. The largest absolute Gasteiger partial charge is 0.389 e. The number of carbonyl (C=O) groups excluding carboxylic acids is 1. The maximum atomic E-state index is 11.1. The fourth-order valence-electron chi connectivity index (χ4n) is 1.00. The number of likely N-dealkylation sites (N-methyl/N-ethyl adjacent to an activating group) is 1. The Morgan fingerprint density at radius 1 is 1.73 bits per heavy atom. The quantitative estimate of drug-likeness (QED) is 0.542. The van der Waals surface area contributed by atoms with Gasteiger partial charge in [-0.3, -0.25) is 4.79 Å². The number of likely N-dealkylation sites (tertiary alicyclic amines) is 1. The van der Waals surface area contributed by atoms with Gasteiger partial charge in [-0.1, -0.05) is 6.92 Å². The van der Waals surface area contributed by atoms with Crippen LogP contribution in [0.4, 0.5) is 0 Å². The minimum atomic E-state index is -0.291. The van der Waals surface area contributed by atoms with Crippen LogP contribution in [0.25, 0.3) is 0 Å². The van der Waals surface area contributed by atoms with E-state index in [1.54, 1.807) is 4.90 Å². The van der Waals surface area contributed by atoms with Gasteiger partial charge in [-0.05, 0) is 6.54 Å². The Bertz CT molecular complexity index is 143. The molecular formula is C7H14N2O2. The lowest BCUT2D eigenvalue weighted by Gasteiger charge is -2.35. The van der Waals surface area contributed by atoms with Crippen LogP contribution in [0, 0.1) is 0 Å². The number of rotatable bonds is 3. The lowest BCUT2D eigenvalue weighted by atomic mass is 10.2. The molecule has 1 aliphatic rings. The van der Waals surface area contributed by atoms with Crippen LogP contribution in [0.5, 0.6) is 0 Å². The molecule has 11 heavy (non-hydrogen) atoms. The van der Waals surface area contributed by atoms with Crippen LogP contribution >= 0.6 is 0 Å². The average Bonchev–Trinajstić information content (AvgIpc) is 1.94.